The van der Waals surface area contributed by atoms with Crippen LogP contribution in [0.1, 0.15) is 31.7 Å². The molecule has 2 nitrogen and oxygen atoms in total. The third-order valence-corrected chi connectivity index (χ3v) is 2.25. The van der Waals surface area contributed by atoms with Crippen molar-refractivity contribution in [3.8, 4) is 0 Å². The summed E-state index contributed by atoms with van der Waals surface area (Å²) in [4.78, 5) is 0. The number of unbranched alkanes of at least 4 members (excludes halogenated alkanes) is 2. The lowest BCUT2D eigenvalue weighted by atomic mass is 10.2. The number of nitrogens with two attached hydrogens (primary N) is 1. The van der Waals surface area contributed by atoms with Crippen LogP contribution in [0.25, 0.3) is 0 Å². The van der Waals surface area contributed by atoms with E-state index in [1.165, 1.54) is 24.8 Å². The van der Waals surface area contributed by atoms with E-state index in [0.29, 0.717) is 0 Å². The Bertz CT molecular complexity index is 221. The van der Waals surface area contributed by atoms with Crippen LogP contribution >= 0.6 is 0 Å². The quantitative estimate of drug-likeness (QED) is 0.383. The first-order valence-corrected chi connectivity index (χ1v) is 5.52. The third kappa shape index (κ3) is 5.00. The monoisotopic (exact) mass is 193 g/mol. The van der Waals surface area contributed by atoms with E-state index in [0.717, 1.165) is 13.1 Å². The Labute approximate surface area is 86.7 Å². The van der Waals surface area contributed by atoms with Crippen molar-refractivity contribution in [1.82, 2.24) is 5.43 Å². The molecule has 1 aromatic rings. The van der Waals surface area contributed by atoms with Gasteiger partial charge in [-0.05, 0) is 6.42 Å². The summed E-state index contributed by atoms with van der Waals surface area (Å²) in [7, 11) is 0. The summed E-state index contributed by atoms with van der Waals surface area (Å²) in [5, 5.41) is 0. The fraction of sp³-hybridized carbons (Fsp3) is 0.500. The molecule has 3 N–H and O–H groups in total. The van der Waals surface area contributed by atoms with Crippen LogP contribution in [0.2, 0.25) is 0 Å². The van der Waals surface area contributed by atoms with Gasteiger partial charge in [-0.2, -0.15) is 5.43 Å². The van der Waals surface area contributed by atoms with Crippen molar-refractivity contribution < 1.29 is 5.43 Å². The highest BCUT2D eigenvalue weighted by molar-refractivity contribution is 5.12. The predicted molar refractivity (Wildman–Crippen MR) is 59.6 cm³/mol. The van der Waals surface area contributed by atoms with E-state index in [9.17, 15) is 0 Å². The summed E-state index contributed by atoms with van der Waals surface area (Å²) in [6.07, 6.45) is 3.90. The van der Waals surface area contributed by atoms with E-state index in [4.69, 9.17) is 0 Å². The zero-order chi connectivity index (χ0) is 10.1. The van der Waals surface area contributed by atoms with Crippen molar-refractivity contribution in [1.29, 1.82) is 0 Å². The Balaban J connectivity index is 1.99. The molecular weight excluding hydrogens is 172 g/mol. The zero-order valence-corrected chi connectivity index (χ0v) is 9.00. The fourth-order valence-electron chi connectivity index (χ4n) is 1.38. The standard InChI is InChI=1S/C12H20N2/c1-2-3-7-10-13-14-11-12-8-5-4-6-9-12/h4-6,8-9,13-14H,2-3,7,10-11H2,1H3/p+1. The second-order valence-corrected chi connectivity index (χ2v) is 3.56. The molecule has 78 valence electrons. The molecule has 0 saturated heterocycles. The van der Waals surface area contributed by atoms with Gasteiger partial charge in [0.05, 0.1) is 0 Å². The summed E-state index contributed by atoms with van der Waals surface area (Å²) in [5.74, 6) is 0. The highest BCUT2D eigenvalue weighted by Crippen LogP contribution is 1.94. The van der Waals surface area contributed by atoms with Crippen molar-refractivity contribution >= 4 is 0 Å². The summed E-state index contributed by atoms with van der Waals surface area (Å²) in [6.45, 7) is 4.36. The predicted octanol–water partition coefficient (Wildman–Crippen LogP) is 1.44. The minimum absolute atomic E-state index is 1.02. The molecule has 0 heterocycles. The van der Waals surface area contributed by atoms with Gasteiger partial charge >= 0.3 is 0 Å². The molecule has 0 unspecified atom stereocenters. The average Bonchev–Trinajstić information content (AvgIpc) is 2.25. The Morgan fingerprint density at radius 2 is 1.93 bits per heavy atom. The van der Waals surface area contributed by atoms with Crippen LogP contribution in [0.3, 0.4) is 0 Å². The van der Waals surface area contributed by atoms with Crippen LogP contribution in [0.4, 0.5) is 0 Å². The fourth-order valence-corrected chi connectivity index (χ4v) is 1.38. The Morgan fingerprint density at radius 3 is 2.64 bits per heavy atom. The van der Waals surface area contributed by atoms with E-state index in [1.54, 1.807) is 0 Å². The molecule has 0 fully saturated rings. The first-order chi connectivity index (χ1) is 6.93. The molecule has 0 aliphatic rings. The van der Waals surface area contributed by atoms with Gasteiger partial charge in [0.15, 0.2) is 0 Å². The first-order valence-electron chi connectivity index (χ1n) is 5.52. The molecule has 0 saturated carbocycles. The molecule has 14 heavy (non-hydrogen) atoms. The van der Waals surface area contributed by atoms with Crippen LogP contribution in [-0.4, -0.2) is 6.54 Å². The summed E-state index contributed by atoms with van der Waals surface area (Å²) in [6, 6.07) is 10.5. The molecule has 0 atom stereocenters. The van der Waals surface area contributed by atoms with Crippen molar-refractivity contribution in [2.24, 2.45) is 0 Å². The number of rotatable bonds is 7. The van der Waals surface area contributed by atoms with E-state index in [2.05, 4.69) is 48.1 Å². The summed E-state index contributed by atoms with van der Waals surface area (Å²) >= 11 is 0. The second kappa shape index (κ2) is 7.54. The molecule has 0 aliphatic heterocycles. The zero-order valence-electron chi connectivity index (χ0n) is 9.00. The lowest BCUT2D eigenvalue weighted by molar-refractivity contribution is -0.725. The van der Waals surface area contributed by atoms with Crippen LogP contribution in [0, 0.1) is 0 Å². The lowest BCUT2D eigenvalue weighted by Gasteiger charge is -2.02. The molecule has 0 spiro atoms. The third-order valence-electron chi connectivity index (χ3n) is 2.25. The molecule has 0 aromatic heterocycles. The van der Waals surface area contributed by atoms with Gasteiger partial charge in [0.25, 0.3) is 0 Å². The van der Waals surface area contributed by atoms with Gasteiger partial charge in [0.1, 0.15) is 6.54 Å². The second-order valence-electron chi connectivity index (χ2n) is 3.56. The number of nitrogens with one attached hydrogen (secondary N) is 1. The average molecular weight is 193 g/mol. The van der Waals surface area contributed by atoms with Crippen LogP contribution in [0.15, 0.2) is 30.3 Å². The van der Waals surface area contributed by atoms with E-state index in [-0.39, 0.29) is 0 Å². The van der Waals surface area contributed by atoms with E-state index in [1.807, 2.05) is 0 Å². The topological polar surface area (TPSA) is 28.6 Å². The minimum atomic E-state index is 1.02. The van der Waals surface area contributed by atoms with Gasteiger partial charge in [-0.3, -0.25) is 5.43 Å². The maximum atomic E-state index is 3.34. The van der Waals surface area contributed by atoms with E-state index < -0.39 is 0 Å². The van der Waals surface area contributed by atoms with Gasteiger partial charge in [0, 0.05) is 12.1 Å². The maximum Gasteiger partial charge on any atom is 0.119 e. The Kier molecular flexibility index (Phi) is 6.04. The molecule has 0 radical (unpaired) electrons. The van der Waals surface area contributed by atoms with Gasteiger partial charge in [-0.1, -0.05) is 50.1 Å². The molecule has 0 bridgehead atoms. The smallest absolute Gasteiger partial charge is 0.119 e. The highest BCUT2D eigenvalue weighted by atomic mass is 15.3. The SMILES string of the molecule is CCCCCN[NH2+]Cc1ccccc1. The Hall–Kier alpha value is -0.860. The van der Waals surface area contributed by atoms with Crippen molar-refractivity contribution in [3.63, 3.8) is 0 Å². The molecular formula is C12H21N2+. The van der Waals surface area contributed by atoms with Crippen LogP contribution in [0.5, 0.6) is 0 Å². The Morgan fingerprint density at radius 1 is 1.14 bits per heavy atom. The molecule has 2 heteroatoms. The van der Waals surface area contributed by atoms with E-state index >= 15 is 0 Å². The van der Waals surface area contributed by atoms with Gasteiger partial charge in [-0.25, -0.2) is 0 Å². The number of benzene rings is 1. The van der Waals surface area contributed by atoms with Crippen LogP contribution in [-0.2, 0) is 6.54 Å². The summed E-state index contributed by atoms with van der Waals surface area (Å²) < 4.78 is 0. The molecule has 0 amide bonds. The largest absolute Gasteiger partial charge is 0.265 e. The molecule has 1 aromatic carbocycles. The number of hydrogen-bond donors (Lipinski definition) is 2. The molecule has 1 rings (SSSR count). The lowest BCUT2D eigenvalue weighted by Crippen LogP contribution is -2.92. The van der Waals surface area contributed by atoms with Gasteiger partial charge in [-0.15, -0.1) is 0 Å². The van der Waals surface area contributed by atoms with Gasteiger partial charge in [0.2, 0.25) is 0 Å². The minimum Gasteiger partial charge on any atom is -0.265 e. The highest BCUT2D eigenvalue weighted by Gasteiger charge is 1.92. The summed E-state index contributed by atoms with van der Waals surface area (Å²) in [5.41, 5.74) is 6.87. The first kappa shape index (κ1) is 11.2. The van der Waals surface area contributed by atoms with Gasteiger partial charge < -0.3 is 0 Å². The maximum absolute atomic E-state index is 3.34. The van der Waals surface area contributed by atoms with Crippen molar-refractivity contribution in [2.45, 2.75) is 32.7 Å². The number of quaternary nitrogens is 1. The number of hydrogen-bond acceptors (Lipinski definition) is 1. The molecule has 0 aliphatic carbocycles. The van der Waals surface area contributed by atoms with Crippen molar-refractivity contribution in [2.75, 3.05) is 6.54 Å². The van der Waals surface area contributed by atoms with Crippen molar-refractivity contribution in [3.05, 3.63) is 35.9 Å². The normalized spacial score (nSPS) is 10.4. The van der Waals surface area contributed by atoms with Crippen LogP contribution < -0.4 is 10.9 Å².